The van der Waals surface area contributed by atoms with E-state index in [9.17, 15) is 0 Å². The first-order chi connectivity index (χ1) is 9.92. The zero-order chi connectivity index (χ0) is 13.4. The molecule has 0 spiro atoms. The van der Waals surface area contributed by atoms with Gasteiger partial charge in [-0.2, -0.15) is 0 Å². The number of para-hydroxylation sites is 2. The number of nitrogens with zero attached hydrogens (tertiary/aromatic N) is 6. The molecule has 0 amide bonds. The quantitative estimate of drug-likeness (QED) is 0.540. The third kappa shape index (κ3) is 1.62. The Morgan fingerprint density at radius 2 is 1.20 bits per heavy atom. The fraction of sp³-hybridized carbons (Fsp3) is 0. The van der Waals surface area contributed by atoms with Crippen molar-refractivity contribution in [2.24, 2.45) is 0 Å². The summed E-state index contributed by atoms with van der Waals surface area (Å²) < 4.78 is 9.25. The van der Waals surface area contributed by atoms with Crippen molar-refractivity contribution in [1.82, 2.24) is 30.6 Å². The minimum absolute atomic E-state index is 0.473. The van der Waals surface area contributed by atoms with E-state index in [4.69, 9.17) is 0 Å². The largest absolute Gasteiger partial charge is 0.244 e. The van der Waals surface area contributed by atoms with Crippen LogP contribution in [0.25, 0.3) is 33.8 Å². The van der Waals surface area contributed by atoms with Gasteiger partial charge in [0.05, 0.1) is 11.0 Å². The Kier molecular flexibility index (Phi) is 2.25. The van der Waals surface area contributed by atoms with Gasteiger partial charge in [0, 0.05) is 0 Å². The summed E-state index contributed by atoms with van der Waals surface area (Å²) in [7, 11) is 0. The maximum Gasteiger partial charge on any atom is 0.155 e. The zero-order valence-corrected chi connectivity index (χ0v) is 9.96. The first-order valence-corrected chi connectivity index (χ1v) is 5.74. The molecular weight excluding hydrogens is 260 g/mol. The molecule has 0 aliphatic heterocycles. The third-order valence-electron chi connectivity index (χ3n) is 2.78. The summed E-state index contributed by atoms with van der Waals surface area (Å²) in [6.07, 6.45) is 2.94. The molecule has 0 radical (unpaired) electrons. The Labute approximate surface area is 111 Å². The normalized spacial score (nSPS) is 11.0. The van der Waals surface area contributed by atoms with E-state index < -0.39 is 0 Å². The van der Waals surface area contributed by atoms with Crippen LogP contribution in [-0.4, -0.2) is 30.6 Å². The molecule has 3 aromatic heterocycles. The fourth-order valence-corrected chi connectivity index (χ4v) is 1.90. The van der Waals surface area contributed by atoms with E-state index in [1.165, 1.54) is 12.4 Å². The summed E-state index contributed by atoms with van der Waals surface area (Å²) in [5, 5.41) is 14.8. The van der Waals surface area contributed by atoms with Crippen LogP contribution in [0, 0.1) is 0 Å². The van der Waals surface area contributed by atoms with Crippen molar-refractivity contribution in [1.29, 1.82) is 0 Å². The van der Waals surface area contributed by atoms with E-state index in [0.29, 0.717) is 22.8 Å². The Balaban J connectivity index is 2.06. The molecule has 8 nitrogen and oxygen atoms in total. The van der Waals surface area contributed by atoms with Crippen molar-refractivity contribution in [2.75, 3.05) is 0 Å². The van der Waals surface area contributed by atoms with E-state index in [0.717, 1.165) is 11.0 Å². The van der Waals surface area contributed by atoms with E-state index in [2.05, 4.69) is 39.9 Å². The van der Waals surface area contributed by atoms with Crippen LogP contribution in [0.15, 0.2) is 45.9 Å². The van der Waals surface area contributed by atoms with E-state index >= 15 is 0 Å². The predicted octanol–water partition coefficient (Wildman–Crippen LogP) is 1.73. The van der Waals surface area contributed by atoms with Gasteiger partial charge in [0.25, 0.3) is 0 Å². The predicted molar refractivity (Wildman–Crippen MR) is 66.1 cm³/mol. The van der Waals surface area contributed by atoms with Gasteiger partial charge in [-0.3, -0.25) is 0 Å². The van der Waals surface area contributed by atoms with Crippen LogP contribution in [0.4, 0.5) is 0 Å². The maximum absolute atomic E-state index is 4.63. The Hall–Kier alpha value is -3.16. The molecule has 20 heavy (non-hydrogen) atoms. The Morgan fingerprint density at radius 3 is 1.60 bits per heavy atom. The van der Waals surface area contributed by atoms with Crippen LogP contribution in [0.5, 0.6) is 0 Å². The molecule has 1 aromatic carbocycles. The number of fused-ring (bicyclic) bond motifs is 1. The lowest BCUT2D eigenvalue weighted by molar-refractivity contribution is 0.307. The molecule has 3 heterocycles. The SMILES string of the molecule is c1ccc2nc(-c3cnon3)c(-c3cnon3)nc2c1. The number of rotatable bonds is 2. The number of hydrogen-bond acceptors (Lipinski definition) is 8. The number of hydrogen-bond donors (Lipinski definition) is 0. The summed E-state index contributed by atoms with van der Waals surface area (Å²) in [6.45, 7) is 0. The van der Waals surface area contributed by atoms with Gasteiger partial charge in [-0.05, 0) is 22.4 Å². The van der Waals surface area contributed by atoms with Gasteiger partial charge in [0.15, 0.2) is 11.4 Å². The summed E-state index contributed by atoms with van der Waals surface area (Å²) in [4.78, 5) is 9.08. The highest BCUT2D eigenvalue weighted by Crippen LogP contribution is 2.27. The summed E-state index contributed by atoms with van der Waals surface area (Å²) >= 11 is 0. The lowest BCUT2D eigenvalue weighted by Crippen LogP contribution is -1.95. The molecule has 96 valence electrons. The van der Waals surface area contributed by atoms with Gasteiger partial charge >= 0.3 is 0 Å². The van der Waals surface area contributed by atoms with Crippen LogP contribution in [0.3, 0.4) is 0 Å². The fourth-order valence-electron chi connectivity index (χ4n) is 1.90. The molecule has 0 atom stereocenters. The van der Waals surface area contributed by atoms with Crippen molar-refractivity contribution in [3.63, 3.8) is 0 Å². The molecule has 0 fully saturated rings. The van der Waals surface area contributed by atoms with Crippen molar-refractivity contribution in [3.8, 4) is 22.8 Å². The molecular formula is C12H6N6O2. The summed E-state index contributed by atoms with van der Waals surface area (Å²) in [6, 6.07) is 7.51. The molecule has 0 aliphatic carbocycles. The standard InChI is InChI=1S/C12H6N6O2/c1-2-4-8-7(3-1)15-11(9-5-13-19-17-9)12(16-8)10-6-14-20-18-10/h1-6H. The molecule has 0 saturated carbocycles. The van der Waals surface area contributed by atoms with Gasteiger partial charge in [-0.15, -0.1) is 0 Å². The second-order valence-electron chi connectivity index (χ2n) is 3.99. The van der Waals surface area contributed by atoms with Crippen LogP contribution >= 0.6 is 0 Å². The van der Waals surface area contributed by atoms with Crippen molar-refractivity contribution < 1.29 is 9.26 Å². The average Bonchev–Trinajstić information content (AvgIpc) is 3.19. The molecule has 0 N–H and O–H groups in total. The zero-order valence-electron chi connectivity index (χ0n) is 9.96. The highest BCUT2D eigenvalue weighted by Gasteiger charge is 2.18. The van der Waals surface area contributed by atoms with Crippen LogP contribution in [-0.2, 0) is 0 Å². The first-order valence-electron chi connectivity index (χ1n) is 5.74. The van der Waals surface area contributed by atoms with E-state index in [1.807, 2.05) is 24.3 Å². The van der Waals surface area contributed by atoms with Gasteiger partial charge in [0.1, 0.15) is 23.8 Å². The second kappa shape index (κ2) is 4.19. The Morgan fingerprint density at radius 1 is 0.700 bits per heavy atom. The third-order valence-corrected chi connectivity index (χ3v) is 2.78. The van der Waals surface area contributed by atoms with Crippen molar-refractivity contribution in [3.05, 3.63) is 36.7 Å². The lowest BCUT2D eigenvalue weighted by atomic mass is 10.2. The summed E-state index contributed by atoms with van der Waals surface area (Å²) in [5.41, 5.74) is 3.46. The molecule has 0 aliphatic rings. The molecule has 0 saturated heterocycles. The molecule has 8 heteroatoms. The van der Waals surface area contributed by atoms with Crippen molar-refractivity contribution >= 4 is 11.0 Å². The van der Waals surface area contributed by atoms with E-state index in [-0.39, 0.29) is 0 Å². The lowest BCUT2D eigenvalue weighted by Gasteiger charge is -2.04. The Bertz CT molecular complexity index is 784. The van der Waals surface area contributed by atoms with Crippen LogP contribution in [0.2, 0.25) is 0 Å². The summed E-state index contributed by atoms with van der Waals surface area (Å²) in [5.74, 6) is 0. The van der Waals surface area contributed by atoms with Gasteiger partial charge in [-0.25, -0.2) is 19.2 Å². The number of aromatic nitrogens is 6. The van der Waals surface area contributed by atoms with Crippen LogP contribution < -0.4 is 0 Å². The molecule has 0 unspecified atom stereocenters. The molecule has 0 bridgehead atoms. The minimum Gasteiger partial charge on any atom is -0.244 e. The molecule has 4 rings (SSSR count). The smallest absolute Gasteiger partial charge is 0.155 e. The van der Waals surface area contributed by atoms with Gasteiger partial charge < -0.3 is 0 Å². The second-order valence-corrected chi connectivity index (χ2v) is 3.99. The minimum atomic E-state index is 0.473. The maximum atomic E-state index is 4.63. The monoisotopic (exact) mass is 266 g/mol. The highest BCUT2D eigenvalue weighted by atomic mass is 16.6. The number of benzene rings is 1. The highest BCUT2D eigenvalue weighted by molar-refractivity contribution is 5.83. The van der Waals surface area contributed by atoms with Gasteiger partial charge in [-0.1, -0.05) is 22.4 Å². The van der Waals surface area contributed by atoms with Crippen LogP contribution in [0.1, 0.15) is 0 Å². The average molecular weight is 266 g/mol. The van der Waals surface area contributed by atoms with Gasteiger partial charge in [0.2, 0.25) is 0 Å². The van der Waals surface area contributed by atoms with Crippen molar-refractivity contribution in [2.45, 2.75) is 0 Å². The van der Waals surface area contributed by atoms with E-state index in [1.54, 1.807) is 0 Å². The molecule has 4 aromatic rings. The topological polar surface area (TPSA) is 104 Å². The first kappa shape index (κ1) is 10.7.